The molecule has 0 aliphatic rings. The van der Waals surface area contributed by atoms with Crippen molar-refractivity contribution in [1.29, 1.82) is 5.26 Å². The molecule has 0 radical (unpaired) electrons. The van der Waals surface area contributed by atoms with Crippen LogP contribution in [0.2, 0.25) is 5.15 Å². The van der Waals surface area contributed by atoms with Crippen molar-refractivity contribution < 1.29 is 4.79 Å². The molecule has 2 aromatic rings. The first kappa shape index (κ1) is 14.0. The third-order valence-electron chi connectivity index (χ3n) is 2.61. The lowest BCUT2D eigenvalue weighted by Gasteiger charge is -2.06. The molecule has 0 fully saturated rings. The molecule has 0 aliphatic carbocycles. The van der Waals surface area contributed by atoms with E-state index in [1.165, 1.54) is 12.3 Å². The number of amides is 1. The Hall–Kier alpha value is -2.45. The van der Waals surface area contributed by atoms with Crippen LogP contribution in [0.4, 0.5) is 5.82 Å². The van der Waals surface area contributed by atoms with E-state index in [-0.39, 0.29) is 11.1 Å². The Morgan fingerprint density at radius 3 is 2.85 bits per heavy atom. The van der Waals surface area contributed by atoms with E-state index in [0.717, 1.165) is 5.69 Å². The van der Waals surface area contributed by atoms with E-state index in [2.05, 4.69) is 15.3 Å². The number of halogens is 1. The first-order valence-electron chi connectivity index (χ1n) is 5.96. The molecule has 0 bridgehead atoms. The SMILES string of the molecule is CCc1cc(C(=O)Nc2ccc(C#N)cn2)cc(Cl)n1. The average Bonchev–Trinajstić information content (AvgIpc) is 2.47. The van der Waals surface area contributed by atoms with Gasteiger partial charge in [0.1, 0.15) is 17.0 Å². The standard InChI is InChI=1S/C14H11ClN4O/c1-2-11-5-10(6-12(15)18-11)14(20)19-13-4-3-9(7-16)8-17-13/h3-6,8H,2H2,1H3,(H,17,19,20). The molecule has 1 amide bonds. The van der Waals surface area contributed by atoms with Crippen LogP contribution in [0.1, 0.15) is 28.5 Å². The van der Waals surface area contributed by atoms with E-state index in [1.54, 1.807) is 18.2 Å². The van der Waals surface area contributed by atoms with Crippen molar-refractivity contribution in [2.45, 2.75) is 13.3 Å². The fourth-order valence-corrected chi connectivity index (χ4v) is 1.81. The minimum Gasteiger partial charge on any atom is -0.307 e. The fraction of sp³-hybridized carbons (Fsp3) is 0.143. The molecule has 1 N–H and O–H groups in total. The van der Waals surface area contributed by atoms with E-state index in [0.29, 0.717) is 23.4 Å². The summed E-state index contributed by atoms with van der Waals surface area (Å²) in [5, 5.41) is 11.6. The molecule has 2 heterocycles. The Labute approximate surface area is 121 Å². The van der Waals surface area contributed by atoms with Crippen LogP contribution in [0.3, 0.4) is 0 Å². The number of hydrogen-bond donors (Lipinski definition) is 1. The summed E-state index contributed by atoms with van der Waals surface area (Å²) in [6.07, 6.45) is 2.09. The summed E-state index contributed by atoms with van der Waals surface area (Å²) in [5.74, 6) is 0.0567. The van der Waals surface area contributed by atoms with Gasteiger partial charge in [-0.1, -0.05) is 18.5 Å². The number of carbonyl (C=O) groups excluding carboxylic acids is 1. The second-order valence-electron chi connectivity index (χ2n) is 4.02. The smallest absolute Gasteiger partial charge is 0.256 e. The van der Waals surface area contributed by atoms with E-state index < -0.39 is 0 Å². The average molecular weight is 287 g/mol. The molecule has 0 atom stereocenters. The van der Waals surface area contributed by atoms with Gasteiger partial charge in [-0.25, -0.2) is 9.97 Å². The van der Waals surface area contributed by atoms with E-state index in [9.17, 15) is 4.79 Å². The zero-order valence-electron chi connectivity index (χ0n) is 10.7. The van der Waals surface area contributed by atoms with Crippen LogP contribution in [0.15, 0.2) is 30.5 Å². The highest BCUT2D eigenvalue weighted by atomic mass is 35.5. The number of nitriles is 1. The lowest BCUT2D eigenvalue weighted by atomic mass is 10.2. The largest absolute Gasteiger partial charge is 0.307 e. The molecule has 0 saturated carbocycles. The summed E-state index contributed by atoms with van der Waals surface area (Å²) >= 11 is 5.87. The lowest BCUT2D eigenvalue weighted by molar-refractivity contribution is 0.102. The number of pyridine rings is 2. The van der Waals surface area contributed by atoms with Gasteiger partial charge in [0.2, 0.25) is 0 Å². The van der Waals surface area contributed by atoms with Gasteiger partial charge in [0.15, 0.2) is 0 Å². The fourth-order valence-electron chi connectivity index (χ4n) is 1.59. The highest BCUT2D eigenvalue weighted by Gasteiger charge is 2.09. The van der Waals surface area contributed by atoms with Gasteiger partial charge in [-0.15, -0.1) is 0 Å². The summed E-state index contributed by atoms with van der Waals surface area (Å²) in [7, 11) is 0. The molecule has 2 aromatic heterocycles. The Balaban J connectivity index is 2.19. The van der Waals surface area contributed by atoms with Crippen LogP contribution in [0.25, 0.3) is 0 Å². The zero-order chi connectivity index (χ0) is 14.5. The molecule has 5 nitrogen and oxygen atoms in total. The van der Waals surface area contributed by atoms with Gasteiger partial charge in [-0.3, -0.25) is 4.79 Å². The topological polar surface area (TPSA) is 78.7 Å². The minimum atomic E-state index is -0.318. The van der Waals surface area contributed by atoms with Gasteiger partial charge in [-0.2, -0.15) is 5.26 Å². The van der Waals surface area contributed by atoms with E-state index in [1.807, 2.05) is 13.0 Å². The molecule has 100 valence electrons. The van der Waals surface area contributed by atoms with Gasteiger partial charge in [0, 0.05) is 17.5 Å². The number of aromatic nitrogens is 2. The monoisotopic (exact) mass is 286 g/mol. The third kappa shape index (κ3) is 3.31. The summed E-state index contributed by atoms with van der Waals surface area (Å²) in [4.78, 5) is 20.2. The molecule has 0 aliphatic heterocycles. The molecule has 2 rings (SSSR count). The van der Waals surface area contributed by atoms with Crippen LogP contribution < -0.4 is 5.32 Å². The number of nitrogens with zero attached hydrogens (tertiary/aromatic N) is 3. The van der Waals surface area contributed by atoms with E-state index in [4.69, 9.17) is 16.9 Å². The van der Waals surface area contributed by atoms with Crippen LogP contribution in [0.5, 0.6) is 0 Å². The molecule has 0 unspecified atom stereocenters. The normalized spacial score (nSPS) is 9.85. The van der Waals surface area contributed by atoms with Crippen molar-refractivity contribution in [3.05, 3.63) is 52.4 Å². The summed E-state index contributed by atoms with van der Waals surface area (Å²) in [6, 6.07) is 8.30. The summed E-state index contributed by atoms with van der Waals surface area (Å²) in [5.41, 5.74) is 1.60. The van der Waals surface area contributed by atoms with Crippen molar-refractivity contribution >= 4 is 23.3 Å². The highest BCUT2D eigenvalue weighted by Crippen LogP contribution is 2.13. The quantitative estimate of drug-likeness (QED) is 0.880. The lowest BCUT2D eigenvalue weighted by Crippen LogP contribution is -2.13. The van der Waals surface area contributed by atoms with Crippen molar-refractivity contribution in [2.24, 2.45) is 0 Å². The maximum atomic E-state index is 12.1. The van der Waals surface area contributed by atoms with Crippen LogP contribution in [-0.2, 0) is 6.42 Å². The number of hydrogen-bond acceptors (Lipinski definition) is 4. The summed E-state index contributed by atoms with van der Waals surface area (Å²) < 4.78 is 0. The number of nitrogens with one attached hydrogen (secondary N) is 1. The number of anilines is 1. The Morgan fingerprint density at radius 2 is 2.25 bits per heavy atom. The first-order chi connectivity index (χ1) is 9.62. The van der Waals surface area contributed by atoms with Gasteiger partial charge >= 0.3 is 0 Å². The summed E-state index contributed by atoms with van der Waals surface area (Å²) in [6.45, 7) is 1.93. The number of aryl methyl sites for hydroxylation is 1. The highest BCUT2D eigenvalue weighted by molar-refractivity contribution is 6.29. The predicted octanol–water partition coefficient (Wildman–Crippen LogP) is 2.82. The second kappa shape index (κ2) is 6.13. The maximum Gasteiger partial charge on any atom is 0.256 e. The maximum absolute atomic E-state index is 12.1. The Bertz CT molecular complexity index is 677. The molecule has 0 saturated heterocycles. The second-order valence-corrected chi connectivity index (χ2v) is 4.41. The van der Waals surface area contributed by atoms with Crippen molar-refractivity contribution in [2.75, 3.05) is 5.32 Å². The van der Waals surface area contributed by atoms with Crippen LogP contribution in [-0.4, -0.2) is 15.9 Å². The van der Waals surface area contributed by atoms with Gasteiger partial charge in [-0.05, 0) is 30.7 Å². The minimum absolute atomic E-state index is 0.280. The molecule has 20 heavy (non-hydrogen) atoms. The zero-order valence-corrected chi connectivity index (χ0v) is 11.5. The van der Waals surface area contributed by atoms with Crippen molar-refractivity contribution in [3.63, 3.8) is 0 Å². The van der Waals surface area contributed by atoms with Gasteiger partial charge in [0.25, 0.3) is 5.91 Å². The predicted molar refractivity (Wildman–Crippen MR) is 75.5 cm³/mol. The van der Waals surface area contributed by atoms with Gasteiger partial charge < -0.3 is 5.32 Å². The number of rotatable bonds is 3. The molecule has 0 spiro atoms. The molecular weight excluding hydrogens is 276 g/mol. The third-order valence-corrected chi connectivity index (χ3v) is 2.80. The molecular formula is C14H11ClN4O. The molecule has 6 heteroatoms. The van der Waals surface area contributed by atoms with Crippen LogP contribution in [0, 0.1) is 11.3 Å². The van der Waals surface area contributed by atoms with E-state index >= 15 is 0 Å². The molecule has 0 aromatic carbocycles. The first-order valence-corrected chi connectivity index (χ1v) is 6.34. The Morgan fingerprint density at radius 1 is 1.45 bits per heavy atom. The Kier molecular flexibility index (Phi) is 4.28. The van der Waals surface area contributed by atoms with Gasteiger partial charge in [0.05, 0.1) is 5.56 Å². The van der Waals surface area contributed by atoms with Crippen LogP contribution >= 0.6 is 11.6 Å². The number of carbonyl (C=O) groups is 1. The van der Waals surface area contributed by atoms with Crippen molar-refractivity contribution in [1.82, 2.24) is 9.97 Å². The van der Waals surface area contributed by atoms with Crippen molar-refractivity contribution in [3.8, 4) is 6.07 Å².